The highest BCUT2D eigenvalue weighted by atomic mass is 32.2. The van der Waals surface area contributed by atoms with Crippen LogP contribution in [0.2, 0.25) is 0 Å². The maximum absolute atomic E-state index is 13.8. The summed E-state index contributed by atoms with van der Waals surface area (Å²) in [5.74, 6) is 0.421. The third-order valence-electron chi connectivity index (χ3n) is 10.1. The smallest absolute Gasteiger partial charge is 0.255 e. The van der Waals surface area contributed by atoms with Crippen LogP contribution < -0.4 is 0 Å². The molecule has 0 aromatic carbocycles. The third kappa shape index (κ3) is 2.74. The van der Waals surface area contributed by atoms with Gasteiger partial charge in [0.2, 0.25) is 0 Å². The first-order valence-electron chi connectivity index (χ1n) is 12.0. The maximum atomic E-state index is 13.8. The molecular formula is C25H33NO4S2. The number of likely N-dealkylation sites (tertiary alicyclic amines) is 1. The van der Waals surface area contributed by atoms with E-state index in [0.717, 1.165) is 43.0 Å². The van der Waals surface area contributed by atoms with Gasteiger partial charge in [0.05, 0.1) is 6.10 Å². The second-order valence-corrected chi connectivity index (χ2v) is 14.2. The Bertz CT molecular complexity index is 923. The standard InChI is InChI=1S/C25H33NO4S2/c1-23-7-5-15(27)9-14(23)3-4-16-17-6-8-25(30,24(17,2)10-18(28)21(16)23)22(29)26-11-19-20(12-26)32-13-31-19/h5,7,9,16-21,28,30H,3-4,6,8,10-13H2,1-2H3/t16-,17-,18-,19+,20?,21+,23-,24-,25-/m0/s1. The number of rotatable bonds is 1. The van der Waals surface area contributed by atoms with E-state index >= 15 is 0 Å². The summed E-state index contributed by atoms with van der Waals surface area (Å²) in [6.45, 7) is 5.71. The van der Waals surface area contributed by atoms with E-state index in [9.17, 15) is 19.8 Å². The number of aliphatic hydroxyl groups excluding tert-OH is 1. The number of hydrogen-bond donors (Lipinski definition) is 2. The lowest BCUT2D eigenvalue weighted by Crippen LogP contribution is -2.63. The molecule has 6 rings (SSSR count). The molecule has 5 nitrogen and oxygen atoms in total. The van der Waals surface area contributed by atoms with E-state index in [2.05, 4.69) is 13.8 Å². The zero-order chi connectivity index (χ0) is 22.5. The predicted molar refractivity (Wildman–Crippen MR) is 127 cm³/mol. The zero-order valence-electron chi connectivity index (χ0n) is 18.8. The fourth-order valence-electron chi connectivity index (χ4n) is 8.39. The van der Waals surface area contributed by atoms with Gasteiger partial charge in [-0.2, -0.15) is 0 Å². The van der Waals surface area contributed by atoms with Crippen LogP contribution in [0.5, 0.6) is 0 Å². The van der Waals surface area contributed by atoms with E-state index in [1.807, 2.05) is 34.5 Å². The van der Waals surface area contributed by atoms with Crippen LogP contribution in [0.1, 0.15) is 46.0 Å². The molecule has 0 spiro atoms. The van der Waals surface area contributed by atoms with Gasteiger partial charge in [0, 0.05) is 45.4 Å². The van der Waals surface area contributed by atoms with E-state index in [0.29, 0.717) is 23.3 Å². The molecule has 6 aliphatic rings. The highest BCUT2D eigenvalue weighted by Gasteiger charge is 2.69. The molecule has 0 bridgehead atoms. The van der Waals surface area contributed by atoms with Crippen LogP contribution in [0.25, 0.3) is 0 Å². The summed E-state index contributed by atoms with van der Waals surface area (Å²) < 4.78 is 0. The average molecular weight is 476 g/mol. The normalized spacial score (nSPS) is 51.7. The lowest BCUT2D eigenvalue weighted by molar-refractivity contribution is -0.185. The maximum Gasteiger partial charge on any atom is 0.255 e. The molecule has 1 unspecified atom stereocenters. The van der Waals surface area contributed by atoms with Gasteiger partial charge in [-0.05, 0) is 56.1 Å². The summed E-state index contributed by atoms with van der Waals surface area (Å²) in [5.41, 5.74) is -1.19. The number of ketones is 1. The van der Waals surface area contributed by atoms with Gasteiger partial charge in [0.15, 0.2) is 5.78 Å². The molecule has 2 N–H and O–H groups in total. The van der Waals surface area contributed by atoms with Crippen LogP contribution in [0.15, 0.2) is 23.8 Å². The van der Waals surface area contributed by atoms with Crippen LogP contribution in [0.3, 0.4) is 0 Å². The lowest BCUT2D eigenvalue weighted by atomic mass is 9.46. The van der Waals surface area contributed by atoms with Crippen molar-refractivity contribution in [2.24, 2.45) is 28.6 Å². The van der Waals surface area contributed by atoms with Gasteiger partial charge in [0.1, 0.15) is 5.60 Å². The Balaban J connectivity index is 1.31. The summed E-state index contributed by atoms with van der Waals surface area (Å²) in [6.07, 6.45) is 8.35. The summed E-state index contributed by atoms with van der Waals surface area (Å²) in [4.78, 5) is 27.7. The van der Waals surface area contributed by atoms with E-state index < -0.39 is 17.1 Å². The molecule has 0 radical (unpaired) electrons. The van der Waals surface area contributed by atoms with Gasteiger partial charge >= 0.3 is 0 Å². The van der Waals surface area contributed by atoms with Gasteiger partial charge in [-0.1, -0.05) is 25.5 Å². The summed E-state index contributed by atoms with van der Waals surface area (Å²) in [5, 5.41) is 25.6. The number of fused-ring (bicyclic) bond motifs is 6. The van der Waals surface area contributed by atoms with Crippen LogP contribution in [-0.2, 0) is 9.59 Å². The quantitative estimate of drug-likeness (QED) is 0.607. The van der Waals surface area contributed by atoms with Crippen molar-refractivity contribution >= 4 is 35.2 Å². The second-order valence-electron chi connectivity index (χ2n) is 11.3. The number of allylic oxidation sites excluding steroid dienone is 4. The first-order chi connectivity index (χ1) is 15.2. The molecule has 7 heteroatoms. The SMILES string of the molecule is C[C@]12C=CC(=O)C=C1CC[C@@H]1[C@@H]2[C@@H](O)C[C@@]2(C)[C@H]1CC[C@]2(O)C(=O)N1CC2SCS[C@@H]2C1. The number of carbonyl (C=O) groups excluding carboxylic acids is 2. The van der Waals surface area contributed by atoms with Crippen molar-refractivity contribution < 1.29 is 19.8 Å². The van der Waals surface area contributed by atoms with Crippen LogP contribution in [0.4, 0.5) is 0 Å². The molecule has 0 aromatic heterocycles. The number of aliphatic hydroxyl groups is 2. The molecule has 0 aromatic rings. The first kappa shape index (κ1) is 21.8. The molecule has 3 saturated carbocycles. The monoisotopic (exact) mass is 475 g/mol. The summed E-state index contributed by atoms with van der Waals surface area (Å²) in [7, 11) is 0. The first-order valence-corrected chi connectivity index (χ1v) is 14.1. The minimum absolute atomic E-state index is 0.0290. The Labute approximate surface area is 198 Å². The molecule has 174 valence electrons. The van der Waals surface area contributed by atoms with Gasteiger partial charge in [0.25, 0.3) is 5.91 Å². The third-order valence-corrected chi connectivity index (χ3v) is 13.1. The number of hydrogen-bond acceptors (Lipinski definition) is 6. The molecule has 32 heavy (non-hydrogen) atoms. The number of carbonyl (C=O) groups is 2. The molecule has 2 saturated heterocycles. The van der Waals surface area contributed by atoms with Crippen molar-refractivity contribution in [2.45, 2.75) is 68.2 Å². The van der Waals surface area contributed by atoms with E-state index in [-0.39, 0.29) is 34.9 Å². The Morgan fingerprint density at radius 2 is 1.91 bits per heavy atom. The summed E-state index contributed by atoms with van der Waals surface area (Å²) in [6, 6.07) is 0. The van der Waals surface area contributed by atoms with Gasteiger partial charge in [-0.3, -0.25) is 9.59 Å². The zero-order valence-corrected chi connectivity index (χ0v) is 20.5. The van der Waals surface area contributed by atoms with Crippen molar-refractivity contribution in [3.8, 4) is 0 Å². The fraction of sp³-hybridized carbons (Fsp3) is 0.760. The Hall–Kier alpha value is -0.760. The molecule has 5 fully saturated rings. The molecule has 2 aliphatic heterocycles. The van der Waals surface area contributed by atoms with E-state index in [1.54, 1.807) is 12.2 Å². The lowest BCUT2D eigenvalue weighted by Gasteiger charge is -2.59. The van der Waals surface area contributed by atoms with Gasteiger partial charge < -0.3 is 15.1 Å². The number of thioether (sulfide) groups is 2. The van der Waals surface area contributed by atoms with Crippen LogP contribution in [0, 0.1) is 28.6 Å². The fourth-order valence-corrected chi connectivity index (χ4v) is 11.7. The van der Waals surface area contributed by atoms with Crippen LogP contribution >= 0.6 is 23.5 Å². The van der Waals surface area contributed by atoms with Crippen LogP contribution in [-0.4, -0.2) is 67.2 Å². The second kappa shape index (κ2) is 7.12. The van der Waals surface area contributed by atoms with Gasteiger partial charge in [-0.25, -0.2) is 0 Å². The topological polar surface area (TPSA) is 77.8 Å². The highest BCUT2D eigenvalue weighted by molar-refractivity contribution is 8.19. The Morgan fingerprint density at radius 1 is 1.19 bits per heavy atom. The Morgan fingerprint density at radius 3 is 2.62 bits per heavy atom. The molecule has 4 aliphatic carbocycles. The van der Waals surface area contributed by atoms with E-state index in [1.165, 1.54) is 0 Å². The molecule has 1 amide bonds. The predicted octanol–water partition coefficient (Wildman–Crippen LogP) is 3.01. The number of nitrogens with zero attached hydrogens (tertiary/aromatic N) is 1. The average Bonchev–Trinajstić information content (AvgIpc) is 3.41. The number of amides is 1. The van der Waals surface area contributed by atoms with Gasteiger partial charge in [-0.15, -0.1) is 23.5 Å². The van der Waals surface area contributed by atoms with E-state index in [4.69, 9.17) is 0 Å². The molecular weight excluding hydrogens is 442 g/mol. The van der Waals surface area contributed by atoms with Crippen molar-refractivity contribution in [3.05, 3.63) is 23.8 Å². The molecule has 9 atom stereocenters. The highest BCUT2D eigenvalue weighted by Crippen LogP contribution is 2.67. The largest absolute Gasteiger partial charge is 0.393 e. The van der Waals surface area contributed by atoms with Crippen molar-refractivity contribution in [1.82, 2.24) is 4.90 Å². The van der Waals surface area contributed by atoms with Crippen molar-refractivity contribution in [1.29, 1.82) is 0 Å². The minimum Gasteiger partial charge on any atom is -0.393 e. The minimum atomic E-state index is -1.40. The summed E-state index contributed by atoms with van der Waals surface area (Å²) >= 11 is 3.87. The van der Waals surface area contributed by atoms with Crippen molar-refractivity contribution in [2.75, 3.05) is 18.2 Å². The molecule has 2 heterocycles. The Kier molecular flexibility index (Phi) is 4.84. The van der Waals surface area contributed by atoms with Crippen molar-refractivity contribution in [3.63, 3.8) is 0 Å².